The number of halogens is 1. The molecule has 3 amide bonds. The number of esters is 1. The highest BCUT2D eigenvalue weighted by Gasteiger charge is 2.52. The molecule has 13 heteroatoms. The summed E-state index contributed by atoms with van der Waals surface area (Å²) in [6, 6.07) is 12.8. The second-order valence-electron chi connectivity index (χ2n) is 9.92. The van der Waals surface area contributed by atoms with Crippen molar-refractivity contribution < 1.29 is 37.8 Å². The highest BCUT2D eigenvalue weighted by atomic mass is 32.1. The number of nitriles is 1. The average Bonchev–Trinajstić information content (AvgIpc) is 3.78. The maximum absolute atomic E-state index is 13.7. The van der Waals surface area contributed by atoms with Gasteiger partial charge in [-0.25, -0.2) is 9.18 Å². The minimum Gasteiger partial charge on any atom is -0.465 e. The molecule has 0 saturated carbocycles. The summed E-state index contributed by atoms with van der Waals surface area (Å²) in [7, 11) is 1.20. The Morgan fingerprint density at radius 2 is 1.86 bits per heavy atom. The van der Waals surface area contributed by atoms with E-state index >= 15 is 0 Å². The molecule has 11 nitrogen and oxygen atoms in total. The van der Waals surface area contributed by atoms with Crippen LogP contribution in [-0.2, 0) is 30.3 Å². The maximum atomic E-state index is 13.7. The zero-order valence-corrected chi connectivity index (χ0v) is 23.9. The largest absolute Gasteiger partial charge is 0.465 e. The molecule has 3 heterocycles. The summed E-state index contributed by atoms with van der Waals surface area (Å²) in [6.07, 6.45) is 0.144. The Kier molecular flexibility index (Phi) is 8.81. The quantitative estimate of drug-likeness (QED) is 0.372. The van der Waals surface area contributed by atoms with E-state index in [2.05, 4.69) is 10.6 Å². The van der Waals surface area contributed by atoms with Crippen molar-refractivity contribution in [3.8, 4) is 17.2 Å². The first-order valence-corrected chi connectivity index (χ1v) is 14.2. The third-order valence-corrected chi connectivity index (χ3v) is 8.13. The van der Waals surface area contributed by atoms with Gasteiger partial charge in [-0.1, -0.05) is 18.2 Å². The fourth-order valence-corrected chi connectivity index (χ4v) is 5.82. The van der Waals surface area contributed by atoms with Gasteiger partial charge in [0.25, 0.3) is 5.91 Å². The van der Waals surface area contributed by atoms with Crippen LogP contribution in [0.25, 0.3) is 11.1 Å². The fourth-order valence-electron chi connectivity index (χ4n) is 5.07. The second kappa shape index (κ2) is 12.7. The molecule has 1 spiro atoms. The fraction of sp³-hybridized carbons (Fsp3) is 0.300. The van der Waals surface area contributed by atoms with Gasteiger partial charge in [-0.3, -0.25) is 14.4 Å². The van der Waals surface area contributed by atoms with Gasteiger partial charge in [0.05, 0.1) is 51.1 Å². The number of nitrogens with one attached hydrogen (secondary N) is 2. The van der Waals surface area contributed by atoms with Gasteiger partial charge < -0.3 is 29.7 Å². The standard InChI is InChI=1S/C30H27FN4O7S/c1-40-29(39)24-11-21(31)6-7-23(24)19-2-4-20(5-3-19)27(37)34-15-26(36)35-17-30(41-8-9-42-30)12-25(35)28(38)33-14-22-10-18(13-32)16-43-22/h2-7,10-11,16,25H,8-9,12,14-15,17H2,1H3,(H,33,38)(H,34,37)/t25-/m0/s1. The molecule has 0 bridgehead atoms. The van der Waals surface area contributed by atoms with E-state index in [0.717, 1.165) is 10.9 Å². The topological polar surface area (TPSA) is 147 Å². The van der Waals surface area contributed by atoms with E-state index in [9.17, 15) is 23.6 Å². The molecule has 2 aliphatic rings. The SMILES string of the molecule is COC(=O)c1cc(F)ccc1-c1ccc(C(=O)NCC(=O)N2CC3(C[C@H]2C(=O)NCc2cc(C#N)cs2)OCCO3)cc1. The van der Waals surface area contributed by atoms with Gasteiger partial charge in [0.15, 0.2) is 5.79 Å². The molecule has 1 atom stereocenters. The van der Waals surface area contributed by atoms with Crippen molar-refractivity contribution in [1.82, 2.24) is 15.5 Å². The lowest BCUT2D eigenvalue weighted by Gasteiger charge is -2.24. The third kappa shape index (κ3) is 6.56. The first-order valence-electron chi connectivity index (χ1n) is 13.3. The summed E-state index contributed by atoms with van der Waals surface area (Å²) in [6.45, 7) is 0.542. The zero-order valence-electron chi connectivity index (χ0n) is 23.1. The number of carbonyl (C=O) groups is 4. The lowest BCUT2D eigenvalue weighted by atomic mass is 9.98. The minimum absolute atomic E-state index is 0.0340. The van der Waals surface area contributed by atoms with Gasteiger partial charge in [0, 0.05) is 22.2 Å². The van der Waals surface area contributed by atoms with E-state index in [-0.39, 0.29) is 37.2 Å². The molecule has 0 unspecified atom stereocenters. The lowest BCUT2D eigenvalue weighted by Crippen LogP contribution is -2.49. The monoisotopic (exact) mass is 606 g/mol. The molecule has 222 valence electrons. The van der Waals surface area contributed by atoms with E-state index in [1.54, 1.807) is 23.6 Å². The highest BCUT2D eigenvalue weighted by molar-refractivity contribution is 7.10. The number of ether oxygens (including phenoxy) is 3. The van der Waals surface area contributed by atoms with Crippen molar-refractivity contribution in [2.24, 2.45) is 0 Å². The molecule has 2 N–H and O–H groups in total. The van der Waals surface area contributed by atoms with Gasteiger partial charge in [-0.2, -0.15) is 5.26 Å². The number of amides is 3. The molecule has 2 fully saturated rings. The van der Waals surface area contributed by atoms with Crippen LogP contribution in [0.3, 0.4) is 0 Å². The van der Waals surface area contributed by atoms with Crippen molar-refractivity contribution >= 4 is 35.0 Å². The number of carbonyl (C=O) groups excluding carboxylic acids is 4. The van der Waals surface area contributed by atoms with Crippen LogP contribution >= 0.6 is 11.3 Å². The van der Waals surface area contributed by atoms with Crippen LogP contribution in [0.4, 0.5) is 4.39 Å². The Labute approximate surface area is 250 Å². The van der Waals surface area contributed by atoms with E-state index in [4.69, 9.17) is 19.5 Å². The Hall–Kier alpha value is -4.64. The van der Waals surface area contributed by atoms with Crippen LogP contribution in [0.5, 0.6) is 0 Å². The molecule has 2 aromatic carbocycles. The van der Waals surface area contributed by atoms with Crippen molar-refractivity contribution in [3.05, 3.63) is 81.3 Å². The first-order chi connectivity index (χ1) is 20.7. The number of methoxy groups -OCH3 is 1. The van der Waals surface area contributed by atoms with E-state index in [1.807, 2.05) is 6.07 Å². The average molecular weight is 607 g/mol. The molecule has 3 aromatic rings. The molecule has 0 radical (unpaired) electrons. The number of benzene rings is 2. The van der Waals surface area contributed by atoms with Crippen molar-refractivity contribution in [3.63, 3.8) is 0 Å². The summed E-state index contributed by atoms with van der Waals surface area (Å²) in [5.74, 6) is -3.78. The number of thiophene rings is 1. The normalized spacial score (nSPS) is 17.0. The predicted molar refractivity (Wildman–Crippen MR) is 151 cm³/mol. The maximum Gasteiger partial charge on any atom is 0.338 e. The number of nitrogens with zero attached hydrogens (tertiary/aromatic N) is 2. The number of hydrogen-bond acceptors (Lipinski definition) is 9. The third-order valence-electron chi connectivity index (χ3n) is 7.19. The Bertz CT molecular complexity index is 1590. The first kappa shape index (κ1) is 29.8. The molecular weight excluding hydrogens is 579 g/mol. The Balaban J connectivity index is 1.23. The highest BCUT2D eigenvalue weighted by Crippen LogP contribution is 2.35. The smallest absolute Gasteiger partial charge is 0.338 e. The second-order valence-corrected chi connectivity index (χ2v) is 10.9. The van der Waals surface area contributed by atoms with Crippen LogP contribution in [0.1, 0.15) is 37.6 Å². The van der Waals surface area contributed by atoms with Crippen LogP contribution < -0.4 is 10.6 Å². The van der Waals surface area contributed by atoms with Crippen LogP contribution in [-0.4, -0.2) is 73.8 Å². The van der Waals surface area contributed by atoms with Gasteiger partial charge >= 0.3 is 5.97 Å². The van der Waals surface area contributed by atoms with E-state index < -0.39 is 41.3 Å². The van der Waals surface area contributed by atoms with Crippen LogP contribution in [0.15, 0.2) is 53.9 Å². The van der Waals surface area contributed by atoms with Gasteiger partial charge in [-0.05, 0) is 41.5 Å². The summed E-state index contributed by atoms with van der Waals surface area (Å²) in [5.41, 5.74) is 1.80. The van der Waals surface area contributed by atoms with Gasteiger partial charge in [0.2, 0.25) is 11.8 Å². The molecule has 1 aromatic heterocycles. The van der Waals surface area contributed by atoms with Crippen LogP contribution in [0, 0.1) is 17.1 Å². The Morgan fingerprint density at radius 3 is 2.53 bits per heavy atom. The molecular formula is C30H27FN4O7S. The predicted octanol–water partition coefficient (Wildman–Crippen LogP) is 2.60. The lowest BCUT2D eigenvalue weighted by molar-refractivity contribution is -0.152. The van der Waals surface area contributed by atoms with Gasteiger partial charge in [-0.15, -0.1) is 11.3 Å². The summed E-state index contributed by atoms with van der Waals surface area (Å²) in [4.78, 5) is 53.5. The number of rotatable bonds is 8. The van der Waals surface area contributed by atoms with Crippen LogP contribution in [0.2, 0.25) is 0 Å². The molecule has 0 aliphatic carbocycles. The molecule has 2 saturated heterocycles. The van der Waals surface area contributed by atoms with E-state index in [0.29, 0.717) is 29.9 Å². The molecule has 43 heavy (non-hydrogen) atoms. The summed E-state index contributed by atoms with van der Waals surface area (Å²) in [5, 5.41) is 16.1. The summed E-state index contributed by atoms with van der Waals surface area (Å²) >= 11 is 1.35. The zero-order chi connectivity index (χ0) is 30.6. The molecule has 2 aliphatic heterocycles. The van der Waals surface area contributed by atoms with E-state index in [1.165, 1.54) is 47.6 Å². The minimum atomic E-state index is -1.09. The Morgan fingerprint density at radius 1 is 1.12 bits per heavy atom. The van der Waals surface area contributed by atoms with Crippen molar-refractivity contribution in [2.45, 2.75) is 24.8 Å². The van der Waals surface area contributed by atoms with Crippen molar-refractivity contribution in [2.75, 3.05) is 33.4 Å². The van der Waals surface area contributed by atoms with Crippen molar-refractivity contribution in [1.29, 1.82) is 5.26 Å². The number of likely N-dealkylation sites (tertiary alicyclic amines) is 1. The number of hydrogen-bond donors (Lipinski definition) is 2. The summed E-state index contributed by atoms with van der Waals surface area (Å²) < 4.78 is 30.0. The molecule has 5 rings (SSSR count). The van der Waals surface area contributed by atoms with Gasteiger partial charge in [0.1, 0.15) is 17.9 Å².